The molecule has 0 aromatic carbocycles. The van der Waals surface area contributed by atoms with E-state index in [-0.39, 0.29) is 11.4 Å². The largest absolute Gasteiger partial charge is 0.340 e. The number of piperazine rings is 1. The highest BCUT2D eigenvalue weighted by Crippen LogP contribution is 2.12. The van der Waals surface area contributed by atoms with Gasteiger partial charge in [0.2, 0.25) is 5.91 Å². The molecule has 0 atom stereocenters. The quantitative estimate of drug-likeness (QED) is 0.690. The predicted octanol–water partition coefficient (Wildman–Crippen LogP) is 0.853. The molecule has 76 valence electrons. The zero-order valence-electron chi connectivity index (χ0n) is 9.05. The van der Waals surface area contributed by atoms with Gasteiger partial charge in [-0.3, -0.25) is 4.79 Å². The van der Waals surface area contributed by atoms with E-state index in [2.05, 4.69) is 33.0 Å². The maximum atomic E-state index is 11.5. The lowest BCUT2D eigenvalue weighted by Crippen LogP contribution is -2.60. The Morgan fingerprint density at radius 3 is 2.69 bits per heavy atom. The van der Waals surface area contributed by atoms with Crippen LogP contribution in [0.15, 0.2) is 0 Å². The lowest BCUT2D eigenvalue weighted by Gasteiger charge is -2.39. The van der Waals surface area contributed by atoms with Crippen LogP contribution < -0.4 is 5.32 Å². The number of carbonyl (C=O) groups is 1. The first kappa shape index (κ1) is 10.5. The molecule has 3 nitrogen and oxygen atoms in total. The van der Waals surface area contributed by atoms with Crippen molar-refractivity contribution in [3.8, 4) is 0 Å². The van der Waals surface area contributed by atoms with Crippen LogP contribution in [0.2, 0.25) is 0 Å². The van der Waals surface area contributed by atoms with Crippen LogP contribution in [0.3, 0.4) is 0 Å². The standard InChI is InChI=1S/C10H20N2O/c1-8(2)6-12-7-10(3,4)11-5-9(12)13/h8,11H,5-7H2,1-4H3. The zero-order chi connectivity index (χ0) is 10.1. The van der Waals surface area contributed by atoms with Gasteiger partial charge in [0.25, 0.3) is 0 Å². The Kier molecular flexibility index (Phi) is 2.96. The molecule has 0 aliphatic carbocycles. The first-order valence-electron chi connectivity index (χ1n) is 4.93. The van der Waals surface area contributed by atoms with Crippen molar-refractivity contribution in [1.29, 1.82) is 0 Å². The molecule has 1 saturated heterocycles. The molecule has 0 unspecified atom stereocenters. The van der Waals surface area contributed by atoms with Crippen molar-refractivity contribution >= 4 is 5.91 Å². The van der Waals surface area contributed by atoms with Crippen molar-refractivity contribution in [2.45, 2.75) is 33.2 Å². The molecule has 0 aromatic rings. The number of nitrogens with one attached hydrogen (secondary N) is 1. The number of hydrogen-bond acceptors (Lipinski definition) is 2. The van der Waals surface area contributed by atoms with Gasteiger partial charge >= 0.3 is 0 Å². The fourth-order valence-electron chi connectivity index (χ4n) is 1.66. The van der Waals surface area contributed by atoms with Gasteiger partial charge in [-0.1, -0.05) is 13.8 Å². The van der Waals surface area contributed by atoms with Crippen LogP contribution in [0.4, 0.5) is 0 Å². The van der Waals surface area contributed by atoms with Crippen molar-refractivity contribution in [3.05, 3.63) is 0 Å². The summed E-state index contributed by atoms with van der Waals surface area (Å²) in [5.74, 6) is 0.783. The third-order valence-electron chi connectivity index (χ3n) is 2.24. The molecule has 0 saturated carbocycles. The summed E-state index contributed by atoms with van der Waals surface area (Å²) in [6.07, 6.45) is 0. The van der Waals surface area contributed by atoms with E-state index in [1.165, 1.54) is 0 Å². The van der Waals surface area contributed by atoms with Crippen LogP contribution in [-0.2, 0) is 4.79 Å². The molecule has 0 radical (unpaired) electrons. The topological polar surface area (TPSA) is 32.3 Å². The Morgan fingerprint density at radius 1 is 1.54 bits per heavy atom. The minimum absolute atomic E-state index is 0.0722. The smallest absolute Gasteiger partial charge is 0.236 e. The monoisotopic (exact) mass is 184 g/mol. The third-order valence-corrected chi connectivity index (χ3v) is 2.24. The summed E-state index contributed by atoms with van der Waals surface area (Å²) < 4.78 is 0. The maximum Gasteiger partial charge on any atom is 0.236 e. The van der Waals surface area contributed by atoms with Gasteiger partial charge in [-0.15, -0.1) is 0 Å². The molecule has 0 aromatic heterocycles. The van der Waals surface area contributed by atoms with Crippen LogP contribution in [0.25, 0.3) is 0 Å². The molecule has 1 heterocycles. The highest BCUT2D eigenvalue weighted by atomic mass is 16.2. The van der Waals surface area contributed by atoms with Crippen LogP contribution in [0.1, 0.15) is 27.7 Å². The van der Waals surface area contributed by atoms with Gasteiger partial charge in [0.1, 0.15) is 0 Å². The molecular weight excluding hydrogens is 164 g/mol. The Labute approximate surface area is 80.5 Å². The van der Waals surface area contributed by atoms with Crippen molar-refractivity contribution in [1.82, 2.24) is 10.2 Å². The summed E-state index contributed by atoms with van der Waals surface area (Å²) >= 11 is 0. The summed E-state index contributed by atoms with van der Waals surface area (Å²) in [7, 11) is 0. The number of hydrogen-bond donors (Lipinski definition) is 1. The van der Waals surface area contributed by atoms with E-state index in [0.29, 0.717) is 12.5 Å². The molecule has 1 N–H and O–H groups in total. The Balaban J connectivity index is 2.55. The van der Waals surface area contributed by atoms with Gasteiger partial charge in [0.05, 0.1) is 6.54 Å². The van der Waals surface area contributed by atoms with Crippen molar-refractivity contribution < 1.29 is 4.79 Å². The van der Waals surface area contributed by atoms with Crippen molar-refractivity contribution in [2.75, 3.05) is 19.6 Å². The molecule has 1 fully saturated rings. The summed E-state index contributed by atoms with van der Waals surface area (Å²) in [6, 6.07) is 0. The Morgan fingerprint density at radius 2 is 2.15 bits per heavy atom. The number of rotatable bonds is 2. The van der Waals surface area contributed by atoms with Crippen LogP contribution in [0.5, 0.6) is 0 Å². The number of nitrogens with zero attached hydrogens (tertiary/aromatic N) is 1. The lowest BCUT2D eigenvalue weighted by atomic mass is 10.0. The second-order valence-electron chi connectivity index (χ2n) is 4.91. The number of amides is 1. The lowest BCUT2D eigenvalue weighted by molar-refractivity contribution is -0.134. The van der Waals surface area contributed by atoms with Gasteiger partial charge in [0, 0.05) is 18.6 Å². The zero-order valence-corrected chi connectivity index (χ0v) is 9.05. The molecule has 1 rings (SSSR count). The molecule has 0 bridgehead atoms. The SMILES string of the molecule is CC(C)CN1CC(C)(C)NCC1=O. The minimum Gasteiger partial charge on any atom is -0.340 e. The predicted molar refractivity (Wildman–Crippen MR) is 53.5 cm³/mol. The van der Waals surface area contributed by atoms with Crippen molar-refractivity contribution in [2.24, 2.45) is 5.92 Å². The van der Waals surface area contributed by atoms with Gasteiger partial charge in [-0.05, 0) is 19.8 Å². The van der Waals surface area contributed by atoms with Gasteiger partial charge in [-0.25, -0.2) is 0 Å². The average molecular weight is 184 g/mol. The fourth-order valence-corrected chi connectivity index (χ4v) is 1.66. The van der Waals surface area contributed by atoms with Crippen LogP contribution in [-0.4, -0.2) is 36.0 Å². The summed E-state index contributed by atoms with van der Waals surface area (Å²) in [5, 5.41) is 3.22. The molecule has 0 spiro atoms. The highest BCUT2D eigenvalue weighted by Gasteiger charge is 2.30. The van der Waals surface area contributed by atoms with E-state index in [0.717, 1.165) is 13.1 Å². The molecule has 13 heavy (non-hydrogen) atoms. The van der Waals surface area contributed by atoms with Gasteiger partial charge in [-0.2, -0.15) is 0 Å². The second-order valence-corrected chi connectivity index (χ2v) is 4.91. The van der Waals surface area contributed by atoms with E-state index < -0.39 is 0 Å². The van der Waals surface area contributed by atoms with Gasteiger partial charge < -0.3 is 10.2 Å². The minimum atomic E-state index is 0.0722. The van der Waals surface area contributed by atoms with Crippen molar-refractivity contribution in [3.63, 3.8) is 0 Å². The maximum absolute atomic E-state index is 11.5. The summed E-state index contributed by atoms with van der Waals surface area (Å²) in [6.45, 7) is 10.7. The fraction of sp³-hybridized carbons (Fsp3) is 0.900. The molecule has 1 aliphatic rings. The van der Waals surface area contributed by atoms with E-state index in [9.17, 15) is 4.79 Å². The van der Waals surface area contributed by atoms with E-state index in [1.807, 2.05) is 4.90 Å². The first-order chi connectivity index (χ1) is 5.91. The normalized spacial score (nSPS) is 22.5. The van der Waals surface area contributed by atoms with Crippen LogP contribution in [0, 0.1) is 5.92 Å². The third kappa shape index (κ3) is 2.99. The highest BCUT2D eigenvalue weighted by molar-refractivity contribution is 5.79. The second kappa shape index (κ2) is 3.66. The van der Waals surface area contributed by atoms with E-state index in [1.54, 1.807) is 0 Å². The molecule has 3 heteroatoms. The first-order valence-corrected chi connectivity index (χ1v) is 4.93. The van der Waals surface area contributed by atoms with Crippen LogP contribution >= 0.6 is 0 Å². The molecular formula is C10H20N2O. The summed E-state index contributed by atoms with van der Waals surface area (Å²) in [4.78, 5) is 13.4. The van der Waals surface area contributed by atoms with Gasteiger partial charge in [0.15, 0.2) is 0 Å². The Bertz CT molecular complexity index is 199. The Hall–Kier alpha value is -0.570. The summed E-state index contributed by atoms with van der Waals surface area (Å²) in [5.41, 5.74) is 0.0722. The molecule has 1 aliphatic heterocycles. The van der Waals surface area contributed by atoms with E-state index in [4.69, 9.17) is 0 Å². The average Bonchev–Trinajstić information content (AvgIpc) is 1.95. The molecule has 1 amide bonds. The van der Waals surface area contributed by atoms with E-state index >= 15 is 0 Å². The number of carbonyl (C=O) groups excluding carboxylic acids is 1.